The highest BCUT2D eigenvalue weighted by Crippen LogP contribution is 2.11. The van der Waals surface area contributed by atoms with Crippen molar-refractivity contribution in [2.75, 3.05) is 13.2 Å². The first kappa shape index (κ1) is 14.4. The Morgan fingerprint density at radius 1 is 0.950 bits per heavy atom. The third-order valence-electron chi connectivity index (χ3n) is 2.61. The van der Waals surface area contributed by atoms with Crippen molar-refractivity contribution in [3.8, 4) is 11.5 Å². The van der Waals surface area contributed by atoms with Crippen molar-refractivity contribution in [2.45, 2.75) is 0 Å². The Kier molecular flexibility index (Phi) is 4.98. The maximum Gasteiger partial charge on any atom is 0.492 e. The molecule has 20 heavy (non-hydrogen) atoms. The number of benzene rings is 2. The van der Waals surface area contributed by atoms with Crippen molar-refractivity contribution in [3.05, 3.63) is 54.3 Å². The zero-order chi connectivity index (χ0) is 14.4. The van der Waals surface area contributed by atoms with Gasteiger partial charge in [0.25, 0.3) is 0 Å². The summed E-state index contributed by atoms with van der Waals surface area (Å²) in [6, 6.07) is 12.7. The molecule has 2 aromatic carbocycles. The summed E-state index contributed by atoms with van der Waals surface area (Å²) in [4.78, 5) is 0. The monoisotopic (exact) mass is 276 g/mol. The number of rotatable bonds is 6. The Labute approximate surface area is 116 Å². The second kappa shape index (κ2) is 6.93. The smallest absolute Gasteiger partial charge is 0.490 e. The van der Waals surface area contributed by atoms with Crippen molar-refractivity contribution in [1.29, 1.82) is 0 Å². The van der Waals surface area contributed by atoms with Crippen LogP contribution >= 0.6 is 0 Å². The lowest BCUT2D eigenvalue weighted by molar-refractivity contribution is 0.217. The van der Waals surface area contributed by atoms with E-state index in [4.69, 9.17) is 19.5 Å². The highest BCUT2D eigenvalue weighted by Gasteiger charge is 2.17. The standard InChI is InChI=1S/C14H14BFO4/c16-11-6-7-13(15(17)18)14(10-11)20-9-8-19-12-4-2-1-3-5-12/h1-7,10,17-18H,8-9H2. The lowest BCUT2D eigenvalue weighted by Crippen LogP contribution is -2.32. The molecule has 0 atom stereocenters. The van der Waals surface area contributed by atoms with Gasteiger partial charge in [0.05, 0.1) is 0 Å². The molecule has 0 amide bonds. The number of hydrogen-bond donors (Lipinski definition) is 2. The number of ether oxygens (including phenoxy) is 2. The molecule has 0 unspecified atom stereocenters. The summed E-state index contributed by atoms with van der Waals surface area (Å²) in [7, 11) is -1.71. The molecule has 4 nitrogen and oxygen atoms in total. The Hall–Kier alpha value is -2.05. The summed E-state index contributed by atoms with van der Waals surface area (Å²) in [5, 5.41) is 18.3. The Morgan fingerprint density at radius 3 is 2.35 bits per heavy atom. The zero-order valence-corrected chi connectivity index (χ0v) is 10.7. The van der Waals surface area contributed by atoms with Crippen LogP contribution in [0.3, 0.4) is 0 Å². The lowest BCUT2D eigenvalue weighted by atomic mass is 9.79. The van der Waals surface area contributed by atoms with Crippen LogP contribution in [-0.4, -0.2) is 30.4 Å². The number of halogens is 1. The predicted octanol–water partition coefficient (Wildman–Crippen LogP) is 0.963. The van der Waals surface area contributed by atoms with Gasteiger partial charge in [0.2, 0.25) is 0 Å². The summed E-state index contributed by atoms with van der Waals surface area (Å²) in [5.74, 6) is 0.294. The molecule has 6 heteroatoms. The topological polar surface area (TPSA) is 58.9 Å². The predicted molar refractivity (Wildman–Crippen MR) is 73.7 cm³/mol. The molecule has 0 heterocycles. The molecule has 104 valence electrons. The van der Waals surface area contributed by atoms with Crippen molar-refractivity contribution in [3.63, 3.8) is 0 Å². The van der Waals surface area contributed by atoms with E-state index >= 15 is 0 Å². The SMILES string of the molecule is OB(O)c1ccc(F)cc1OCCOc1ccccc1. The van der Waals surface area contributed by atoms with Crippen LogP contribution in [0.5, 0.6) is 11.5 Å². The van der Waals surface area contributed by atoms with E-state index in [2.05, 4.69) is 0 Å². The van der Waals surface area contributed by atoms with Crippen molar-refractivity contribution < 1.29 is 23.9 Å². The molecular weight excluding hydrogens is 262 g/mol. The van der Waals surface area contributed by atoms with Gasteiger partial charge >= 0.3 is 7.12 Å². The van der Waals surface area contributed by atoms with Gasteiger partial charge in [0.15, 0.2) is 0 Å². The highest BCUT2D eigenvalue weighted by molar-refractivity contribution is 6.59. The normalized spacial score (nSPS) is 10.2. The van der Waals surface area contributed by atoms with Crippen LogP contribution in [0.4, 0.5) is 4.39 Å². The molecule has 2 rings (SSSR count). The van der Waals surface area contributed by atoms with Crippen LogP contribution in [0.2, 0.25) is 0 Å². The molecule has 0 radical (unpaired) electrons. The minimum atomic E-state index is -1.71. The number of para-hydroxylation sites is 1. The summed E-state index contributed by atoms with van der Waals surface area (Å²) < 4.78 is 23.8. The minimum Gasteiger partial charge on any atom is -0.490 e. The fourth-order valence-electron chi connectivity index (χ4n) is 1.67. The van der Waals surface area contributed by atoms with Gasteiger partial charge < -0.3 is 19.5 Å². The number of hydrogen-bond acceptors (Lipinski definition) is 4. The van der Waals surface area contributed by atoms with Gasteiger partial charge in [-0.1, -0.05) is 24.3 Å². The molecule has 0 bridgehead atoms. The molecule has 0 aromatic heterocycles. The van der Waals surface area contributed by atoms with Crippen molar-refractivity contribution in [2.24, 2.45) is 0 Å². The molecule has 2 N–H and O–H groups in total. The zero-order valence-electron chi connectivity index (χ0n) is 10.7. The Bertz CT molecular complexity index is 548. The van der Waals surface area contributed by atoms with Gasteiger partial charge in [-0.25, -0.2) is 4.39 Å². The molecule has 0 aliphatic rings. The summed E-state index contributed by atoms with van der Waals surface area (Å²) in [6.45, 7) is 0.430. The maximum atomic E-state index is 13.1. The van der Waals surface area contributed by atoms with E-state index in [1.54, 1.807) is 0 Å². The first-order valence-corrected chi connectivity index (χ1v) is 6.13. The molecule has 0 fully saturated rings. The van der Waals surface area contributed by atoms with Gasteiger partial charge in [-0.15, -0.1) is 0 Å². The van der Waals surface area contributed by atoms with E-state index < -0.39 is 12.9 Å². The van der Waals surface area contributed by atoms with Crippen molar-refractivity contribution in [1.82, 2.24) is 0 Å². The largest absolute Gasteiger partial charge is 0.492 e. The second-order valence-corrected chi connectivity index (χ2v) is 4.07. The third kappa shape index (κ3) is 3.98. The van der Waals surface area contributed by atoms with Gasteiger partial charge in [-0.2, -0.15) is 0 Å². The van der Waals surface area contributed by atoms with E-state index in [0.29, 0.717) is 5.75 Å². The molecule has 0 aliphatic heterocycles. The van der Waals surface area contributed by atoms with E-state index in [0.717, 1.165) is 12.1 Å². The Morgan fingerprint density at radius 2 is 1.65 bits per heavy atom. The van der Waals surface area contributed by atoms with Gasteiger partial charge in [-0.3, -0.25) is 0 Å². The van der Waals surface area contributed by atoms with Crippen LogP contribution in [-0.2, 0) is 0 Å². The molecule has 2 aromatic rings. The van der Waals surface area contributed by atoms with Crippen molar-refractivity contribution >= 4 is 12.6 Å². The van der Waals surface area contributed by atoms with Gasteiger partial charge in [-0.05, 0) is 18.2 Å². The lowest BCUT2D eigenvalue weighted by Gasteiger charge is -2.12. The highest BCUT2D eigenvalue weighted by atomic mass is 19.1. The molecule has 0 saturated heterocycles. The summed E-state index contributed by atoms with van der Waals surface area (Å²) >= 11 is 0. The van der Waals surface area contributed by atoms with Crippen LogP contribution in [0.25, 0.3) is 0 Å². The maximum absolute atomic E-state index is 13.1. The minimum absolute atomic E-state index is 0.0941. The van der Waals surface area contributed by atoms with Gasteiger partial charge in [0.1, 0.15) is 30.5 Å². The third-order valence-corrected chi connectivity index (χ3v) is 2.61. The second-order valence-electron chi connectivity index (χ2n) is 4.07. The summed E-state index contributed by atoms with van der Waals surface area (Å²) in [5.41, 5.74) is 0.117. The average Bonchev–Trinajstić information content (AvgIpc) is 2.44. The molecule has 0 saturated carbocycles. The van der Waals surface area contributed by atoms with Crippen LogP contribution in [0, 0.1) is 5.82 Å². The fourth-order valence-corrected chi connectivity index (χ4v) is 1.67. The van der Waals surface area contributed by atoms with E-state index in [1.807, 2.05) is 30.3 Å². The molecule has 0 aliphatic carbocycles. The first-order valence-electron chi connectivity index (χ1n) is 6.13. The van der Waals surface area contributed by atoms with Crippen LogP contribution in [0.1, 0.15) is 0 Å². The van der Waals surface area contributed by atoms with Crippen LogP contribution < -0.4 is 14.9 Å². The average molecular weight is 276 g/mol. The van der Waals surface area contributed by atoms with E-state index in [9.17, 15) is 4.39 Å². The summed E-state index contributed by atoms with van der Waals surface area (Å²) in [6.07, 6.45) is 0. The fraction of sp³-hybridized carbons (Fsp3) is 0.143. The Balaban J connectivity index is 1.89. The van der Waals surface area contributed by atoms with Crippen LogP contribution in [0.15, 0.2) is 48.5 Å². The molecule has 0 spiro atoms. The van der Waals surface area contributed by atoms with E-state index in [1.165, 1.54) is 6.07 Å². The van der Waals surface area contributed by atoms with E-state index in [-0.39, 0.29) is 24.4 Å². The molecular formula is C14H14BFO4. The van der Waals surface area contributed by atoms with Gasteiger partial charge in [0, 0.05) is 11.5 Å². The first-order chi connectivity index (χ1) is 9.66. The quantitative estimate of drug-likeness (QED) is 0.609.